The van der Waals surface area contributed by atoms with Gasteiger partial charge in [0.05, 0.1) is 36.8 Å². The minimum absolute atomic E-state index is 0.142. The first kappa shape index (κ1) is 17.8. The first-order valence-corrected chi connectivity index (χ1v) is 9.34. The summed E-state index contributed by atoms with van der Waals surface area (Å²) >= 11 is 0. The van der Waals surface area contributed by atoms with Crippen molar-refractivity contribution in [1.29, 1.82) is 0 Å². The molecule has 0 atom stereocenters. The van der Waals surface area contributed by atoms with Crippen molar-refractivity contribution >= 4 is 16.6 Å². The van der Waals surface area contributed by atoms with Crippen LogP contribution in [0.1, 0.15) is 20.8 Å². The highest BCUT2D eigenvalue weighted by molar-refractivity contribution is 5.97. The monoisotopic (exact) mass is 366 g/mol. The van der Waals surface area contributed by atoms with E-state index in [9.17, 15) is 0 Å². The third-order valence-electron chi connectivity index (χ3n) is 4.90. The van der Waals surface area contributed by atoms with Crippen LogP contribution in [0.25, 0.3) is 22.2 Å². The van der Waals surface area contributed by atoms with Crippen LogP contribution >= 0.6 is 0 Å². The van der Waals surface area contributed by atoms with Crippen molar-refractivity contribution in [2.45, 2.75) is 26.3 Å². The molecule has 27 heavy (non-hydrogen) atoms. The van der Waals surface area contributed by atoms with E-state index >= 15 is 0 Å². The van der Waals surface area contributed by atoms with Gasteiger partial charge in [0, 0.05) is 30.5 Å². The summed E-state index contributed by atoms with van der Waals surface area (Å²) < 4.78 is 13.0. The second kappa shape index (κ2) is 6.85. The summed E-state index contributed by atoms with van der Waals surface area (Å²) in [5.74, 6) is 0.607. The van der Waals surface area contributed by atoms with Crippen molar-refractivity contribution in [2.75, 3.05) is 38.3 Å². The molecule has 6 heteroatoms. The van der Waals surface area contributed by atoms with Crippen LogP contribution in [0.4, 0.5) is 5.69 Å². The van der Waals surface area contributed by atoms with Gasteiger partial charge in [0.2, 0.25) is 5.88 Å². The molecule has 6 nitrogen and oxygen atoms in total. The lowest BCUT2D eigenvalue weighted by Crippen LogP contribution is -2.36. The Hall–Kier alpha value is -2.60. The predicted molar refractivity (Wildman–Crippen MR) is 108 cm³/mol. The summed E-state index contributed by atoms with van der Waals surface area (Å²) in [5.41, 5.74) is 4.06. The van der Waals surface area contributed by atoms with Gasteiger partial charge in [-0.05, 0) is 39.0 Å². The van der Waals surface area contributed by atoms with Crippen LogP contribution in [0, 0.1) is 0 Å². The van der Waals surface area contributed by atoms with E-state index in [0.29, 0.717) is 5.88 Å². The zero-order valence-electron chi connectivity index (χ0n) is 16.4. The molecule has 1 saturated heterocycles. The molecule has 0 spiro atoms. The summed E-state index contributed by atoms with van der Waals surface area (Å²) in [6.45, 7) is 9.88. The van der Waals surface area contributed by atoms with Crippen molar-refractivity contribution in [3.05, 3.63) is 36.5 Å². The number of anilines is 1. The van der Waals surface area contributed by atoms with Crippen molar-refractivity contribution in [2.24, 2.45) is 0 Å². The van der Waals surface area contributed by atoms with Crippen LogP contribution in [0.2, 0.25) is 0 Å². The minimum Gasteiger partial charge on any atom is -0.480 e. The lowest BCUT2D eigenvalue weighted by Gasteiger charge is -2.28. The fourth-order valence-electron chi connectivity index (χ4n) is 3.56. The van der Waals surface area contributed by atoms with Crippen LogP contribution in [0.3, 0.4) is 0 Å². The largest absolute Gasteiger partial charge is 0.480 e. The molecular formula is C21H26N4O2. The number of hydrogen-bond acceptors (Lipinski definition) is 5. The number of aromatic nitrogens is 3. The second-order valence-electron chi connectivity index (χ2n) is 7.79. The Labute approximate surface area is 159 Å². The zero-order chi connectivity index (χ0) is 19.0. The molecule has 1 aliphatic heterocycles. The normalized spacial score (nSPS) is 15.3. The molecule has 1 aliphatic rings. The average molecular weight is 366 g/mol. The topological polar surface area (TPSA) is 52.4 Å². The van der Waals surface area contributed by atoms with E-state index in [1.165, 1.54) is 5.69 Å². The summed E-state index contributed by atoms with van der Waals surface area (Å²) in [5, 5.41) is 5.90. The molecule has 4 rings (SSSR count). The quantitative estimate of drug-likeness (QED) is 0.707. The van der Waals surface area contributed by atoms with Gasteiger partial charge in [0.15, 0.2) is 0 Å². The van der Waals surface area contributed by atoms with Gasteiger partial charge < -0.3 is 14.4 Å². The second-order valence-corrected chi connectivity index (χ2v) is 7.79. The predicted octanol–water partition coefficient (Wildman–Crippen LogP) is 3.70. The Bertz CT molecular complexity index is 935. The van der Waals surface area contributed by atoms with E-state index in [2.05, 4.69) is 59.6 Å². The molecular weight excluding hydrogens is 340 g/mol. The van der Waals surface area contributed by atoms with Gasteiger partial charge in [-0.2, -0.15) is 5.10 Å². The Morgan fingerprint density at radius 1 is 1.04 bits per heavy atom. The van der Waals surface area contributed by atoms with Gasteiger partial charge in [-0.25, -0.2) is 4.98 Å². The van der Waals surface area contributed by atoms with Gasteiger partial charge in [0.25, 0.3) is 0 Å². The summed E-state index contributed by atoms with van der Waals surface area (Å²) in [7, 11) is 1.65. The number of ether oxygens (including phenoxy) is 2. The molecule has 3 aromatic rings. The first-order chi connectivity index (χ1) is 13.0. The lowest BCUT2D eigenvalue weighted by molar-refractivity contribution is 0.122. The van der Waals surface area contributed by atoms with Gasteiger partial charge >= 0.3 is 0 Å². The van der Waals surface area contributed by atoms with E-state index < -0.39 is 0 Å². The van der Waals surface area contributed by atoms with E-state index in [1.54, 1.807) is 13.3 Å². The standard InChI is InChI=1S/C21H26N4O2/c1-21(2,3)25-17-9-10-22-20(26-4)18(17)19(23-25)15-5-7-16(8-6-15)24-11-13-27-14-12-24/h5-10H,11-14H2,1-4H3. The van der Waals surface area contributed by atoms with Crippen LogP contribution in [0.5, 0.6) is 5.88 Å². The van der Waals surface area contributed by atoms with Crippen molar-refractivity contribution in [3.8, 4) is 17.1 Å². The van der Waals surface area contributed by atoms with Gasteiger partial charge in [0.1, 0.15) is 5.69 Å². The van der Waals surface area contributed by atoms with Crippen molar-refractivity contribution < 1.29 is 9.47 Å². The molecule has 0 bridgehead atoms. The van der Waals surface area contributed by atoms with Gasteiger partial charge in [-0.1, -0.05) is 12.1 Å². The molecule has 0 saturated carbocycles. The number of pyridine rings is 1. The summed E-state index contributed by atoms with van der Waals surface area (Å²) in [4.78, 5) is 6.75. The number of benzene rings is 1. The number of fused-ring (bicyclic) bond motifs is 1. The third-order valence-corrected chi connectivity index (χ3v) is 4.90. The average Bonchev–Trinajstić information content (AvgIpc) is 3.09. The fourth-order valence-corrected chi connectivity index (χ4v) is 3.56. The maximum Gasteiger partial charge on any atom is 0.224 e. The molecule has 3 heterocycles. The molecule has 2 aromatic heterocycles. The SMILES string of the molecule is COc1nccc2c1c(-c1ccc(N3CCOCC3)cc1)nn2C(C)(C)C. The number of morpholine rings is 1. The van der Waals surface area contributed by atoms with Crippen LogP contribution < -0.4 is 9.64 Å². The summed E-state index contributed by atoms with van der Waals surface area (Å²) in [6.07, 6.45) is 1.77. The maximum absolute atomic E-state index is 5.55. The minimum atomic E-state index is -0.142. The molecule has 142 valence electrons. The van der Waals surface area contributed by atoms with Crippen LogP contribution in [-0.4, -0.2) is 48.2 Å². The molecule has 1 fully saturated rings. The van der Waals surface area contributed by atoms with Crippen LogP contribution in [0.15, 0.2) is 36.5 Å². The van der Waals surface area contributed by atoms with E-state index in [0.717, 1.165) is 48.5 Å². The Morgan fingerprint density at radius 3 is 2.37 bits per heavy atom. The highest BCUT2D eigenvalue weighted by atomic mass is 16.5. The third kappa shape index (κ3) is 3.25. The number of methoxy groups -OCH3 is 1. The van der Waals surface area contributed by atoms with E-state index in [1.807, 2.05) is 6.07 Å². The molecule has 0 radical (unpaired) electrons. The molecule has 0 amide bonds. The maximum atomic E-state index is 5.55. The smallest absolute Gasteiger partial charge is 0.224 e. The highest BCUT2D eigenvalue weighted by Crippen LogP contribution is 2.36. The Balaban J connectivity index is 1.81. The summed E-state index contributed by atoms with van der Waals surface area (Å²) in [6, 6.07) is 10.6. The van der Waals surface area contributed by atoms with Gasteiger partial charge in [-0.15, -0.1) is 0 Å². The van der Waals surface area contributed by atoms with Crippen molar-refractivity contribution in [3.63, 3.8) is 0 Å². The molecule has 0 N–H and O–H groups in total. The number of hydrogen-bond donors (Lipinski definition) is 0. The molecule has 0 unspecified atom stereocenters. The number of nitrogens with zero attached hydrogens (tertiary/aromatic N) is 4. The number of rotatable bonds is 3. The Morgan fingerprint density at radius 2 is 1.74 bits per heavy atom. The van der Waals surface area contributed by atoms with Crippen LogP contribution in [-0.2, 0) is 10.3 Å². The first-order valence-electron chi connectivity index (χ1n) is 9.34. The van der Waals surface area contributed by atoms with E-state index in [4.69, 9.17) is 14.6 Å². The molecule has 1 aromatic carbocycles. The lowest BCUT2D eigenvalue weighted by atomic mass is 10.1. The zero-order valence-corrected chi connectivity index (χ0v) is 16.4. The van der Waals surface area contributed by atoms with E-state index in [-0.39, 0.29) is 5.54 Å². The molecule has 0 aliphatic carbocycles. The fraction of sp³-hybridized carbons (Fsp3) is 0.429. The van der Waals surface area contributed by atoms with Crippen molar-refractivity contribution in [1.82, 2.24) is 14.8 Å². The Kier molecular flexibility index (Phi) is 4.52. The highest BCUT2D eigenvalue weighted by Gasteiger charge is 2.24. The van der Waals surface area contributed by atoms with Gasteiger partial charge in [-0.3, -0.25) is 4.68 Å².